The molecule has 2 atom stereocenters. The minimum Gasteiger partial charge on any atom is -0.462 e. The Morgan fingerprint density at radius 3 is 1.08 bits per heavy atom. The molecule has 1 unspecified atom stereocenters. The minimum atomic E-state index is -0.761. The zero-order valence-electron chi connectivity index (χ0n) is 36.1. The van der Waals surface area contributed by atoms with Crippen molar-refractivity contribution in [2.75, 3.05) is 13.2 Å². The van der Waals surface area contributed by atoms with E-state index >= 15 is 0 Å². The van der Waals surface area contributed by atoms with E-state index in [2.05, 4.69) is 34.6 Å². The Morgan fingerprint density at radius 1 is 0.396 bits per heavy atom. The Hall–Kier alpha value is -1.59. The lowest BCUT2D eigenvalue weighted by atomic mass is 10.00. The maximum Gasteiger partial charge on any atom is 0.306 e. The lowest BCUT2D eigenvalue weighted by molar-refractivity contribution is -0.167. The summed E-state index contributed by atoms with van der Waals surface area (Å²) in [5, 5.41) is 0. The molecule has 314 valence electrons. The van der Waals surface area contributed by atoms with Crippen molar-refractivity contribution in [1.82, 2.24) is 0 Å². The van der Waals surface area contributed by atoms with E-state index in [1.54, 1.807) is 0 Å². The van der Waals surface area contributed by atoms with Crippen LogP contribution in [0.25, 0.3) is 0 Å². The Kier molecular flexibility index (Phi) is 38.9. The van der Waals surface area contributed by atoms with Crippen LogP contribution >= 0.6 is 0 Å². The van der Waals surface area contributed by atoms with Crippen molar-refractivity contribution in [1.29, 1.82) is 0 Å². The van der Waals surface area contributed by atoms with E-state index in [4.69, 9.17) is 14.2 Å². The normalized spacial score (nSPS) is 12.6. The SMILES string of the molecule is CCCCCCCCCCCCCCC(=O)OC[C@H](COC(=O)CCCCCCCCC(C)CC)OC(=O)CCCCCCCCCCCCC(C)C. The van der Waals surface area contributed by atoms with Gasteiger partial charge in [0.05, 0.1) is 0 Å². The average Bonchev–Trinajstić information content (AvgIpc) is 3.14. The molecule has 0 aromatic heterocycles. The third-order valence-corrected chi connectivity index (χ3v) is 10.8. The number of carbonyl (C=O) groups is 3. The van der Waals surface area contributed by atoms with Gasteiger partial charge in [-0.1, -0.05) is 214 Å². The predicted octanol–water partition coefficient (Wildman–Crippen LogP) is 14.6. The van der Waals surface area contributed by atoms with Gasteiger partial charge >= 0.3 is 17.9 Å². The molecule has 0 aromatic rings. The summed E-state index contributed by atoms with van der Waals surface area (Å²) in [6, 6.07) is 0. The Morgan fingerprint density at radius 2 is 0.717 bits per heavy atom. The van der Waals surface area contributed by atoms with Gasteiger partial charge in [0.1, 0.15) is 13.2 Å². The third-order valence-electron chi connectivity index (χ3n) is 10.8. The first-order valence-corrected chi connectivity index (χ1v) is 23.3. The standard InChI is InChI=1S/C47H90O6/c1-6-8-9-10-11-12-13-14-18-21-27-32-37-45(48)51-40-44(41-52-46(49)38-33-28-24-23-26-31-36-43(5)7-2)53-47(50)39-34-29-22-19-16-15-17-20-25-30-35-42(3)4/h42-44H,6-41H2,1-5H3/t43?,44-/m1/s1. The lowest BCUT2D eigenvalue weighted by Crippen LogP contribution is -2.30. The second kappa shape index (κ2) is 40.1. The van der Waals surface area contributed by atoms with Crippen molar-refractivity contribution in [3.8, 4) is 0 Å². The van der Waals surface area contributed by atoms with Gasteiger partial charge in [0.2, 0.25) is 0 Å². The van der Waals surface area contributed by atoms with Crippen molar-refractivity contribution in [2.24, 2.45) is 11.8 Å². The van der Waals surface area contributed by atoms with Gasteiger partial charge < -0.3 is 14.2 Å². The molecule has 53 heavy (non-hydrogen) atoms. The van der Waals surface area contributed by atoms with Crippen LogP contribution in [0.1, 0.15) is 253 Å². The number of unbranched alkanes of at least 4 members (excludes halogenated alkanes) is 25. The van der Waals surface area contributed by atoms with E-state index in [0.717, 1.165) is 69.6 Å². The van der Waals surface area contributed by atoms with Gasteiger partial charge in [-0.05, 0) is 31.1 Å². The van der Waals surface area contributed by atoms with Gasteiger partial charge in [0.25, 0.3) is 0 Å². The zero-order chi connectivity index (χ0) is 39.0. The Labute approximate surface area is 329 Å². The first kappa shape index (κ1) is 51.4. The largest absolute Gasteiger partial charge is 0.462 e. The predicted molar refractivity (Wildman–Crippen MR) is 224 cm³/mol. The van der Waals surface area contributed by atoms with Crippen LogP contribution in [0.3, 0.4) is 0 Å². The molecule has 0 rings (SSSR count). The molecule has 0 bridgehead atoms. The van der Waals surface area contributed by atoms with Gasteiger partial charge in [-0.3, -0.25) is 14.4 Å². The number of hydrogen-bond acceptors (Lipinski definition) is 6. The van der Waals surface area contributed by atoms with Gasteiger partial charge in [-0.25, -0.2) is 0 Å². The summed E-state index contributed by atoms with van der Waals surface area (Å²) in [6.45, 7) is 11.3. The van der Waals surface area contributed by atoms with Gasteiger partial charge in [-0.15, -0.1) is 0 Å². The van der Waals surface area contributed by atoms with E-state index in [1.807, 2.05) is 0 Å². The fourth-order valence-corrected chi connectivity index (χ4v) is 6.90. The average molecular weight is 751 g/mol. The number of ether oxygens (including phenoxy) is 3. The Bertz CT molecular complexity index is 811. The molecule has 0 aliphatic rings. The Balaban J connectivity index is 4.34. The smallest absolute Gasteiger partial charge is 0.306 e. The van der Waals surface area contributed by atoms with Crippen LogP contribution in [0, 0.1) is 11.8 Å². The molecule has 0 amide bonds. The molecule has 0 aliphatic carbocycles. The minimum absolute atomic E-state index is 0.0653. The van der Waals surface area contributed by atoms with E-state index in [0.29, 0.717) is 19.3 Å². The van der Waals surface area contributed by atoms with Crippen molar-refractivity contribution in [3.63, 3.8) is 0 Å². The summed E-state index contributed by atoms with van der Waals surface area (Å²) in [7, 11) is 0. The third kappa shape index (κ3) is 39.9. The molecule has 0 saturated carbocycles. The quantitative estimate of drug-likeness (QED) is 0.0352. The second-order valence-electron chi connectivity index (χ2n) is 16.8. The molecule has 0 radical (unpaired) electrons. The number of esters is 3. The zero-order valence-corrected chi connectivity index (χ0v) is 36.1. The van der Waals surface area contributed by atoms with E-state index in [9.17, 15) is 14.4 Å². The first-order chi connectivity index (χ1) is 25.8. The number of hydrogen-bond donors (Lipinski definition) is 0. The summed E-state index contributed by atoms with van der Waals surface area (Å²) < 4.78 is 16.7. The summed E-state index contributed by atoms with van der Waals surface area (Å²) in [5.74, 6) is 0.771. The van der Waals surface area contributed by atoms with Crippen LogP contribution in [0.15, 0.2) is 0 Å². The molecule has 0 spiro atoms. The molecule has 0 heterocycles. The molecule has 6 heteroatoms. The highest BCUT2D eigenvalue weighted by Crippen LogP contribution is 2.17. The number of rotatable bonds is 41. The molecule has 0 fully saturated rings. The van der Waals surface area contributed by atoms with E-state index in [1.165, 1.54) is 141 Å². The first-order valence-electron chi connectivity index (χ1n) is 23.3. The van der Waals surface area contributed by atoms with Crippen molar-refractivity contribution in [2.45, 2.75) is 259 Å². The number of carbonyl (C=O) groups excluding carboxylic acids is 3. The monoisotopic (exact) mass is 751 g/mol. The van der Waals surface area contributed by atoms with Gasteiger partial charge in [-0.2, -0.15) is 0 Å². The van der Waals surface area contributed by atoms with Crippen molar-refractivity contribution < 1.29 is 28.6 Å². The highest BCUT2D eigenvalue weighted by Gasteiger charge is 2.19. The van der Waals surface area contributed by atoms with Crippen molar-refractivity contribution >= 4 is 17.9 Å². The molecule has 6 nitrogen and oxygen atoms in total. The van der Waals surface area contributed by atoms with Crippen LogP contribution in [-0.2, 0) is 28.6 Å². The summed E-state index contributed by atoms with van der Waals surface area (Å²) in [6.07, 6.45) is 38.0. The van der Waals surface area contributed by atoms with Crippen LogP contribution in [0.5, 0.6) is 0 Å². The van der Waals surface area contributed by atoms with Crippen LogP contribution in [0.4, 0.5) is 0 Å². The molecular weight excluding hydrogens is 661 g/mol. The molecule has 0 aromatic carbocycles. The van der Waals surface area contributed by atoms with Crippen LogP contribution < -0.4 is 0 Å². The maximum atomic E-state index is 12.7. The van der Waals surface area contributed by atoms with Crippen LogP contribution in [0.2, 0.25) is 0 Å². The molecule has 0 aliphatic heterocycles. The topological polar surface area (TPSA) is 78.9 Å². The van der Waals surface area contributed by atoms with E-state index in [-0.39, 0.29) is 31.1 Å². The molecule has 0 saturated heterocycles. The lowest BCUT2D eigenvalue weighted by Gasteiger charge is -2.18. The summed E-state index contributed by atoms with van der Waals surface area (Å²) >= 11 is 0. The molecular formula is C47H90O6. The maximum absolute atomic E-state index is 12.7. The van der Waals surface area contributed by atoms with Gasteiger partial charge in [0, 0.05) is 19.3 Å². The van der Waals surface area contributed by atoms with Gasteiger partial charge in [0.15, 0.2) is 6.10 Å². The summed E-state index contributed by atoms with van der Waals surface area (Å²) in [5.41, 5.74) is 0. The van der Waals surface area contributed by atoms with Crippen molar-refractivity contribution in [3.05, 3.63) is 0 Å². The van der Waals surface area contributed by atoms with E-state index < -0.39 is 6.10 Å². The fraction of sp³-hybridized carbons (Fsp3) is 0.936. The molecule has 0 N–H and O–H groups in total. The summed E-state index contributed by atoms with van der Waals surface area (Å²) in [4.78, 5) is 37.7. The second-order valence-corrected chi connectivity index (χ2v) is 16.8. The van der Waals surface area contributed by atoms with Crippen LogP contribution in [-0.4, -0.2) is 37.2 Å². The highest BCUT2D eigenvalue weighted by molar-refractivity contribution is 5.71. The highest BCUT2D eigenvalue weighted by atomic mass is 16.6. The fourth-order valence-electron chi connectivity index (χ4n) is 6.90.